The maximum atomic E-state index is 14.1. The van der Waals surface area contributed by atoms with Crippen LogP contribution >= 0.6 is 11.6 Å². The van der Waals surface area contributed by atoms with E-state index >= 15 is 0 Å². The van der Waals surface area contributed by atoms with Gasteiger partial charge in [-0.3, -0.25) is 13.9 Å². The van der Waals surface area contributed by atoms with Crippen LogP contribution in [0.15, 0.2) is 72.8 Å². The second-order valence-corrected chi connectivity index (χ2v) is 14.3. The molecule has 1 atom stereocenters. The topological polar surface area (TPSA) is 105 Å². The van der Waals surface area contributed by atoms with Crippen molar-refractivity contribution in [1.29, 1.82) is 0 Å². The molecule has 1 unspecified atom stereocenters. The Bertz CT molecular complexity index is 1600. The summed E-state index contributed by atoms with van der Waals surface area (Å²) in [6.45, 7) is 1.07. The Balaban J connectivity index is 1.38. The maximum Gasteiger partial charge on any atom is 0.243 e. The first-order valence-corrected chi connectivity index (χ1v) is 18.2. The van der Waals surface area contributed by atoms with E-state index in [9.17, 15) is 18.0 Å². The lowest BCUT2D eigenvalue weighted by Crippen LogP contribution is -2.52. The average Bonchev–Trinajstić information content (AvgIpc) is 3.05. The van der Waals surface area contributed by atoms with Gasteiger partial charge in [-0.1, -0.05) is 73.3 Å². The predicted molar refractivity (Wildman–Crippen MR) is 180 cm³/mol. The average molecular weight is 668 g/mol. The summed E-state index contributed by atoms with van der Waals surface area (Å²) >= 11 is 6.31. The molecule has 11 heteroatoms. The molecule has 3 aromatic rings. The van der Waals surface area contributed by atoms with Gasteiger partial charge in [-0.25, -0.2) is 8.42 Å². The number of nitrogens with zero attached hydrogens (tertiary/aromatic N) is 2. The lowest BCUT2D eigenvalue weighted by atomic mass is 9.94. The zero-order valence-electron chi connectivity index (χ0n) is 26.2. The summed E-state index contributed by atoms with van der Waals surface area (Å²) < 4.78 is 38.3. The number of rotatable bonds is 13. The molecule has 0 spiro atoms. The lowest BCUT2D eigenvalue weighted by Gasteiger charge is -2.34. The van der Waals surface area contributed by atoms with Crippen LogP contribution < -0.4 is 19.1 Å². The second-order valence-electron chi connectivity index (χ2n) is 12.0. The third-order valence-electron chi connectivity index (χ3n) is 8.43. The normalized spacial score (nSPS) is 15.5. The molecule has 1 heterocycles. The molecule has 0 bridgehead atoms. The molecule has 2 amide bonds. The van der Waals surface area contributed by atoms with Crippen molar-refractivity contribution >= 4 is 39.1 Å². The number of nitrogens with one attached hydrogen (secondary N) is 1. The van der Waals surface area contributed by atoms with Gasteiger partial charge in [0.2, 0.25) is 21.8 Å². The second kappa shape index (κ2) is 15.7. The minimum absolute atomic E-state index is 0.0408. The van der Waals surface area contributed by atoms with Crippen LogP contribution in [0.5, 0.6) is 11.5 Å². The van der Waals surface area contributed by atoms with Crippen LogP contribution in [0.2, 0.25) is 5.02 Å². The van der Waals surface area contributed by atoms with Gasteiger partial charge in [0, 0.05) is 43.1 Å². The number of anilines is 1. The molecule has 3 aromatic carbocycles. The summed E-state index contributed by atoms with van der Waals surface area (Å²) in [4.78, 5) is 29.8. The SMILES string of the molecule is CS(=O)(=O)N(CCCC(=O)N(Cc1cccc(Cl)c1)C(Cc1ccccc1)C(=O)NC1CCCCC1)c1ccc2c(c1)OCCO2. The smallest absolute Gasteiger partial charge is 0.243 e. The van der Waals surface area contributed by atoms with Crippen LogP contribution in [0.3, 0.4) is 0 Å². The molecule has 0 saturated heterocycles. The van der Waals surface area contributed by atoms with Crippen molar-refractivity contribution in [2.45, 2.75) is 70.0 Å². The zero-order chi connectivity index (χ0) is 32.5. The number of ether oxygens (including phenoxy) is 2. The molecule has 5 rings (SSSR count). The number of sulfonamides is 1. The standard InChI is InChI=1S/C35H42ClN3O6S/c1-46(42,43)39(30-17-18-32-33(24-30)45-21-20-44-32)19-9-16-34(40)38(25-27-12-8-13-28(36)22-27)31(23-26-10-4-2-5-11-26)35(41)37-29-14-6-3-7-15-29/h2,4-5,8,10-13,17-18,22,24,29,31H,3,6-7,9,14-16,19-21,23,25H2,1H3,(H,37,41). The van der Waals surface area contributed by atoms with Crippen molar-refractivity contribution in [3.8, 4) is 11.5 Å². The third-order valence-corrected chi connectivity index (χ3v) is 9.86. The summed E-state index contributed by atoms with van der Waals surface area (Å²) in [7, 11) is -3.67. The van der Waals surface area contributed by atoms with Crippen molar-refractivity contribution in [2.75, 3.05) is 30.3 Å². The molecule has 1 saturated carbocycles. The van der Waals surface area contributed by atoms with E-state index in [0.717, 1.165) is 49.5 Å². The first-order valence-electron chi connectivity index (χ1n) is 15.9. The molecule has 246 valence electrons. The van der Waals surface area contributed by atoms with E-state index in [1.165, 1.54) is 4.31 Å². The summed E-state index contributed by atoms with van der Waals surface area (Å²) in [5.41, 5.74) is 2.18. The maximum absolute atomic E-state index is 14.1. The Labute approximate surface area is 276 Å². The molecule has 1 aliphatic carbocycles. The van der Waals surface area contributed by atoms with E-state index in [2.05, 4.69) is 5.32 Å². The minimum Gasteiger partial charge on any atom is -0.486 e. The number of carbonyl (C=O) groups excluding carboxylic acids is 2. The molecule has 0 radical (unpaired) electrons. The van der Waals surface area contributed by atoms with Crippen LogP contribution in [0.4, 0.5) is 5.69 Å². The molecule has 2 aliphatic rings. The van der Waals surface area contributed by atoms with Crippen molar-refractivity contribution < 1.29 is 27.5 Å². The van der Waals surface area contributed by atoms with Gasteiger partial charge in [0.1, 0.15) is 19.3 Å². The van der Waals surface area contributed by atoms with E-state index in [0.29, 0.717) is 41.8 Å². The van der Waals surface area contributed by atoms with Gasteiger partial charge in [-0.05, 0) is 54.7 Å². The first-order chi connectivity index (χ1) is 22.2. The van der Waals surface area contributed by atoms with E-state index in [1.807, 2.05) is 42.5 Å². The molecule has 1 fully saturated rings. The molecule has 1 aliphatic heterocycles. The summed E-state index contributed by atoms with van der Waals surface area (Å²) in [5.74, 6) is 0.621. The Morgan fingerprint density at radius 1 is 0.913 bits per heavy atom. The van der Waals surface area contributed by atoms with Crippen LogP contribution in [-0.4, -0.2) is 63.2 Å². The summed E-state index contributed by atoms with van der Waals surface area (Å²) in [6.07, 6.45) is 6.92. The zero-order valence-corrected chi connectivity index (χ0v) is 27.8. The molecular formula is C35H42ClN3O6S. The van der Waals surface area contributed by atoms with Crippen molar-refractivity contribution in [3.63, 3.8) is 0 Å². The number of amides is 2. The highest BCUT2D eigenvalue weighted by Gasteiger charge is 2.32. The van der Waals surface area contributed by atoms with Crippen molar-refractivity contribution in [1.82, 2.24) is 10.2 Å². The van der Waals surface area contributed by atoms with E-state index in [-0.39, 0.29) is 43.8 Å². The Morgan fingerprint density at radius 2 is 1.63 bits per heavy atom. The van der Waals surface area contributed by atoms with Crippen molar-refractivity contribution in [2.24, 2.45) is 0 Å². The van der Waals surface area contributed by atoms with Gasteiger partial charge < -0.3 is 19.7 Å². The molecule has 46 heavy (non-hydrogen) atoms. The van der Waals surface area contributed by atoms with Crippen LogP contribution in [-0.2, 0) is 32.6 Å². The fourth-order valence-corrected chi connectivity index (χ4v) is 7.29. The van der Waals surface area contributed by atoms with E-state index in [4.69, 9.17) is 21.1 Å². The van der Waals surface area contributed by atoms with Gasteiger partial charge in [0.25, 0.3) is 0 Å². The quantitative estimate of drug-likeness (QED) is 0.249. The highest BCUT2D eigenvalue weighted by atomic mass is 35.5. The Kier molecular flexibility index (Phi) is 11.5. The molecule has 0 aromatic heterocycles. The number of hydrogen-bond donors (Lipinski definition) is 1. The largest absolute Gasteiger partial charge is 0.486 e. The van der Waals surface area contributed by atoms with Gasteiger partial charge in [0.05, 0.1) is 11.9 Å². The van der Waals surface area contributed by atoms with E-state index in [1.54, 1.807) is 35.2 Å². The first kappa shape index (κ1) is 33.6. The third kappa shape index (κ3) is 9.16. The van der Waals surface area contributed by atoms with Gasteiger partial charge in [-0.2, -0.15) is 0 Å². The fraction of sp³-hybridized carbons (Fsp3) is 0.429. The van der Waals surface area contributed by atoms with Gasteiger partial charge in [0.15, 0.2) is 11.5 Å². The highest BCUT2D eigenvalue weighted by Crippen LogP contribution is 2.35. The number of halogens is 1. The van der Waals surface area contributed by atoms with E-state index < -0.39 is 16.1 Å². The molecular weight excluding hydrogens is 626 g/mol. The molecule has 1 N–H and O–H groups in total. The summed E-state index contributed by atoms with van der Waals surface area (Å²) in [6, 6.07) is 21.3. The van der Waals surface area contributed by atoms with Crippen LogP contribution in [0.1, 0.15) is 56.1 Å². The van der Waals surface area contributed by atoms with Crippen LogP contribution in [0, 0.1) is 0 Å². The predicted octanol–water partition coefficient (Wildman–Crippen LogP) is 5.75. The number of benzene rings is 3. The lowest BCUT2D eigenvalue weighted by molar-refractivity contribution is -0.141. The highest BCUT2D eigenvalue weighted by molar-refractivity contribution is 7.92. The Hall–Kier alpha value is -3.76. The molecule has 9 nitrogen and oxygen atoms in total. The number of hydrogen-bond acceptors (Lipinski definition) is 6. The fourth-order valence-electron chi connectivity index (χ4n) is 6.12. The summed E-state index contributed by atoms with van der Waals surface area (Å²) in [5, 5.41) is 3.78. The van der Waals surface area contributed by atoms with Crippen molar-refractivity contribution in [3.05, 3.63) is 88.9 Å². The Morgan fingerprint density at radius 3 is 2.35 bits per heavy atom. The minimum atomic E-state index is -3.67. The van der Waals surface area contributed by atoms with Crippen LogP contribution in [0.25, 0.3) is 0 Å². The number of fused-ring (bicyclic) bond motifs is 1. The van der Waals surface area contributed by atoms with Gasteiger partial charge in [-0.15, -0.1) is 0 Å². The van der Waals surface area contributed by atoms with Gasteiger partial charge >= 0.3 is 0 Å². The monoisotopic (exact) mass is 667 g/mol. The number of carbonyl (C=O) groups is 2.